The SMILES string of the molecule is Nc1cc(Br)ccc1SCC(=O)Nc1cccc(Cl)c1. The van der Waals surface area contributed by atoms with Gasteiger partial charge in [0.15, 0.2) is 0 Å². The Labute approximate surface area is 135 Å². The monoisotopic (exact) mass is 370 g/mol. The molecule has 104 valence electrons. The molecule has 0 heterocycles. The first kappa shape index (κ1) is 15.2. The van der Waals surface area contributed by atoms with Crippen molar-refractivity contribution in [2.45, 2.75) is 4.90 Å². The van der Waals surface area contributed by atoms with Crippen LogP contribution in [-0.4, -0.2) is 11.7 Å². The second kappa shape index (κ2) is 7.02. The maximum Gasteiger partial charge on any atom is 0.234 e. The number of amides is 1. The molecule has 0 saturated carbocycles. The zero-order chi connectivity index (χ0) is 14.5. The van der Waals surface area contributed by atoms with E-state index in [4.69, 9.17) is 17.3 Å². The molecule has 2 aromatic rings. The van der Waals surface area contributed by atoms with Crippen molar-refractivity contribution in [3.8, 4) is 0 Å². The molecular weight excluding hydrogens is 360 g/mol. The number of halogens is 2. The average Bonchev–Trinajstić information content (AvgIpc) is 2.37. The van der Waals surface area contributed by atoms with Crippen molar-refractivity contribution >= 4 is 56.6 Å². The van der Waals surface area contributed by atoms with Gasteiger partial charge in [0.05, 0.1) is 5.75 Å². The molecule has 0 atom stereocenters. The van der Waals surface area contributed by atoms with E-state index in [1.165, 1.54) is 11.8 Å². The summed E-state index contributed by atoms with van der Waals surface area (Å²) in [5.74, 6) is 0.192. The molecule has 1 amide bonds. The topological polar surface area (TPSA) is 55.1 Å². The molecule has 0 fully saturated rings. The highest BCUT2D eigenvalue weighted by atomic mass is 79.9. The lowest BCUT2D eigenvalue weighted by molar-refractivity contribution is -0.113. The van der Waals surface area contributed by atoms with Crippen LogP contribution < -0.4 is 11.1 Å². The predicted octanol–water partition coefficient (Wildman–Crippen LogP) is 4.42. The van der Waals surface area contributed by atoms with Gasteiger partial charge in [-0.2, -0.15) is 0 Å². The van der Waals surface area contributed by atoms with E-state index in [1.807, 2.05) is 18.2 Å². The highest BCUT2D eigenvalue weighted by Gasteiger charge is 2.06. The van der Waals surface area contributed by atoms with Crippen molar-refractivity contribution in [2.24, 2.45) is 0 Å². The number of anilines is 2. The Morgan fingerprint density at radius 3 is 2.80 bits per heavy atom. The molecule has 0 saturated heterocycles. The Morgan fingerprint density at radius 2 is 2.10 bits per heavy atom. The van der Waals surface area contributed by atoms with Gasteiger partial charge in [-0.05, 0) is 36.4 Å². The summed E-state index contributed by atoms with van der Waals surface area (Å²) in [5, 5.41) is 3.38. The highest BCUT2D eigenvalue weighted by Crippen LogP contribution is 2.28. The van der Waals surface area contributed by atoms with Gasteiger partial charge in [0.25, 0.3) is 0 Å². The quantitative estimate of drug-likeness (QED) is 0.618. The maximum atomic E-state index is 11.9. The summed E-state index contributed by atoms with van der Waals surface area (Å²) >= 11 is 10.6. The second-order valence-electron chi connectivity index (χ2n) is 4.03. The molecule has 20 heavy (non-hydrogen) atoms. The Bertz CT molecular complexity index is 636. The number of carbonyl (C=O) groups excluding carboxylic acids is 1. The summed E-state index contributed by atoms with van der Waals surface area (Å²) in [7, 11) is 0. The van der Waals surface area contributed by atoms with E-state index in [-0.39, 0.29) is 5.91 Å². The summed E-state index contributed by atoms with van der Waals surface area (Å²) in [6, 6.07) is 12.6. The Balaban J connectivity index is 1.92. The molecule has 0 aromatic heterocycles. The van der Waals surface area contributed by atoms with E-state index in [9.17, 15) is 4.79 Å². The largest absolute Gasteiger partial charge is 0.398 e. The number of nitrogen functional groups attached to an aromatic ring is 1. The van der Waals surface area contributed by atoms with Crippen molar-refractivity contribution in [2.75, 3.05) is 16.8 Å². The van der Waals surface area contributed by atoms with Crippen LogP contribution in [0.15, 0.2) is 51.8 Å². The number of rotatable bonds is 4. The van der Waals surface area contributed by atoms with Crippen LogP contribution in [0, 0.1) is 0 Å². The minimum Gasteiger partial charge on any atom is -0.398 e. The van der Waals surface area contributed by atoms with Gasteiger partial charge >= 0.3 is 0 Å². The Kier molecular flexibility index (Phi) is 5.34. The zero-order valence-corrected chi connectivity index (χ0v) is 13.6. The van der Waals surface area contributed by atoms with Crippen molar-refractivity contribution < 1.29 is 4.79 Å². The second-order valence-corrected chi connectivity index (χ2v) is 6.40. The minimum atomic E-state index is -0.0976. The van der Waals surface area contributed by atoms with E-state index < -0.39 is 0 Å². The van der Waals surface area contributed by atoms with E-state index in [1.54, 1.807) is 24.3 Å². The number of hydrogen-bond donors (Lipinski definition) is 2. The van der Waals surface area contributed by atoms with Gasteiger partial charge in [-0.25, -0.2) is 0 Å². The molecule has 0 aliphatic heterocycles. The van der Waals surface area contributed by atoms with Crippen LogP contribution >= 0.6 is 39.3 Å². The molecule has 2 rings (SSSR count). The average molecular weight is 372 g/mol. The fourth-order valence-electron chi connectivity index (χ4n) is 1.56. The lowest BCUT2D eigenvalue weighted by atomic mass is 10.3. The number of benzene rings is 2. The molecule has 3 nitrogen and oxygen atoms in total. The van der Waals surface area contributed by atoms with E-state index in [0.29, 0.717) is 22.2 Å². The number of nitrogens with two attached hydrogens (primary N) is 1. The summed E-state index contributed by atoms with van der Waals surface area (Å²) in [4.78, 5) is 12.7. The van der Waals surface area contributed by atoms with Crippen molar-refractivity contribution in [1.29, 1.82) is 0 Å². The standard InChI is InChI=1S/C14H12BrClN2OS/c15-9-4-5-13(12(17)6-9)20-8-14(19)18-11-3-1-2-10(16)7-11/h1-7H,8,17H2,(H,18,19). The molecule has 3 N–H and O–H groups in total. The molecule has 0 aliphatic rings. The van der Waals surface area contributed by atoms with Crippen LogP contribution in [0.2, 0.25) is 5.02 Å². The van der Waals surface area contributed by atoms with Crippen molar-refractivity contribution in [3.05, 3.63) is 52.0 Å². The smallest absolute Gasteiger partial charge is 0.234 e. The summed E-state index contributed by atoms with van der Waals surface area (Å²) in [6.45, 7) is 0. The predicted molar refractivity (Wildman–Crippen MR) is 89.4 cm³/mol. The third-order valence-electron chi connectivity index (χ3n) is 2.44. The molecule has 0 spiro atoms. The van der Waals surface area contributed by atoms with Crippen LogP contribution in [-0.2, 0) is 4.79 Å². The lowest BCUT2D eigenvalue weighted by Crippen LogP contribution is -2.14. The van der Waals surface area contributed by atoms with Gasteiger partial charge in [-0.1, -0.05) is 33.6 Å². The third kappa shape index (κ3) is 4.44. The van der Waals surface area contributed by atoms with Gasteiger partial charge in [-0.3, -0.25) is 4.79 Å². The van der Waals surface area contributed by atoms with Crippen molar-refractivity contribution in [3.63, 3.8) is 0 Å². The molecule has 0 unspecified atom stereocenters. The lowest BCUT2D eigenvalue weighted by Gasteiger charge is -2.07. The van der Waals surface area contributed by atoms with Crippen molar-refractivity contribution in [1.82, 2.24) is 0 Å². The van der Waals surface area contributed by atoms with Crippen LogP contribution in [0.3, 0.4) is 0 Å². The molecule has 0 bridgehead atoms. The summed E-state index contributed by atoms with van der Waals surface area (Å²) in [5.41, 5.74) is 7.22. The highest BCUT2D eigenvalue weighted by molar-refractivity contribution is 9.10. The van der Waals surface area contributed by atoms with E-state index >= 15 is 0 Å². The van der Waals surface area contributed by atoms with E-state index in [2.05, 4.69) is 21.2 Å². The third-order valence-corrected chi connectivity index (χ3v) is 4.26. The molecular formula is C14H12BrClN2OS. The number of hydrogen-bond acceptors (Lipinski definition) is 3. The number of carbonyl (C=O) groups is 1. The molecule has 6 heteroatoms. The van der Waals surface area contributed by atoms with E-state index in [0.717, 1.165) is 9.37 Å². The normalized spacial score (nSPS) is 10.3. The first-order valence-corrected chi connectivity index (χ1v) is 7.93. The summed E-state index contributed by atoms with van der Waals surface area (Å²) in [6.07, 6.45) is 0. The van der Waals surface area contributed by atoms with Gasteiger partial charge in [0.1, 0.15) is 0 Å². The molecule has 2 aromatic carbocycles. The Hall–Kier alpha value is -1.17. The van der Waals surface area contributed by atoms with Crippen LogP contribution in [0.25, 0.3) is 0 Å². The zero-order valence-electron chi connectivity index (χ0n) is 10.4. The number of thioether (sulfide) groups is 1. The fourth-order valence-corrected chi connectivity index (χ4v) is 2.88. The number of nitrogens with one attached hydrogen (secondary N) is 1. The maximum absolute atomic E-state index is 11.9. The van der Waals surface area contributed by atoms with Gasteiger partial charge < -0.3 is 11.1 Å². The Morgan fingerprint density at radius 1 is 1.30 bits per heavy atom. The molecule has 0 radical (unpaired) electrons. The minimum absolute atomic E-state index is 0.0976. The summed E-state index contributed by atoms with van der Waals surface area (Å²) < 4.78 is 0.919. The first-order valence-electron chi connectivity index (χ1n) is 5.78. The van der Waals surface area contributed by atoms with Crippen LogP contribution in [0.1, 0.15) is 0 Å². The molecule has 0 aliphatic carbocycles. The fraction of sp³-hybridized carbons (Fsp3) is 0.0714. The van der Waals surface area contributed by atoms with Crippen LogP contribution in [0.5, 0.6) is 0 Å². The van der Waals surface area contributed by atoms with Gasteiger partial charge in [0, 0.05) is 25.8 Å². The van der Waals surface area contributed by atoms with Gasteiger partial charge in [-0.15, -0.1) is 11.8 Å². The first-order chi connectivity index (χ1) is 9.54. The van der Waals surface area contributed by atoms with Gasteiger partial charge in [0.2, 0.25) is 5.91 Å². The van der Waals surface area contributed by atoms with Crippen LogP contribution in [0.4, 0.5) is 11.4 Å².